The molecule has 0 aliphatic heterocycles. The summed E-state index contributed by atoms with van der Waals surface area (Å²) in [7, 11) is 0. The zero-order valence-electron chi connectivity index (χ0n) is 22.2. The molecule has 9 heteroatoms. The van der Waals surface area contributed by atoms with Crippen molar-refractivity contribution in [3.8, 4) is 0 Å². The van der Waals surface area contributed by atoms with Gasteiger partial charge in [0.2, 0.25) is 5.91 Å². The number of carbonyl (C=O) groups excluding carboxylic acids is 4. The number of esters is 2. The summed E-state index contributed by atoms with van der Waals surface area (Å²) in [5, 5.41) is 5.35. The van der Waals surface area contributed by atoms with E-state index in [1.807, 2.05) is 30.3 Å². The van der Waals surface area contributed by atoms with Gasteiger partial charge in [0.15, 0.2) is 0 Å². The van der Waals surface area contributed by atoms with Crippen molar-refractivity contribution in [1.82, 2.24) is 10.6 Å². The van der Waals surface area contributed by atoms with E-state index in [0.717, 1.165) is 18.4 Å². The van der Waals surface area contributed by atoms with Crippen molar-refractivity contribution >= 4 is 23.9 Å². The molecule has 2 N–H and O–H groups in total. The van der Waals surface area contributed by atoms with E-state index >= 15 is 0 Å². The van der Waals surface area contributed by atoms with Crippen LogP contribution in [0, 0.1) is 5.92 Å². The Morgan fingerprint density at radius 1 is 0.917 bits per heavy atom. The Morgan fingerprint density at radius 3 is 2.14 bits per heavy atom. The molecule has 0 saturated heterocycles. The number of hydrogen-bond donors (Lipinski definition) is 2. The standard InChI is InChI=1S/C27H40N2O7/c1-26(2,3)35-22(30)16-21(29-25(33)36-27(4,5)6)23(31)28-20-15-11-10-14-19(20)24(32)34-17-18-12-8-7-9-13-18/h7-9,12-13,19-21H,10-11,14-17H2,1-6H3,(H,28,31)(H,29,33)/t19-,20-,21-/m0/s1. The van der Waals surface area contributed by atoms with Crippen LogP contribution >= 0.6 is 0 Å². The van der Waals surface area contributed by atoms with E-state index in [9.17, 15) is 19.2 Å². The van der Waals surface area contributed by atoms with Gasteiger partial charge in [0, 0.05) is 6.04 Å². The summed E-state index contributed by atoms with van der Waals surface area (Å²) < 4.78 is 16.1. The largest absolute Gasteiger partial charge is 0.461 e. The molecule has 3 atom stereocenters. The quantitative estimate of drug-likeness (QED) is 0.405. The molecule has 1 aliphatic carbocycles. The fourth-order valence-electron chi connectivity index (χ4n) is 3.91. The second-order valence-corrected chi connectivity index (χ2v) is 11.1. The second-order valence-electron chi connectivity index (χ2n) is 11.1. The maximum absolute atomic E-state index is 13.2. The lowest BCUT2D eigenvalue weighted by Crippen LogP contribution is -2.54. The van der Waals surface area contributed by atoms with Crippen molar-refractivity contribution in [3.63, 3.8) is 0 Å². The minimum atomic E-state index is -1.22. The van der Waals surface area contributed by atoms with Crippen LogP contribution in [0.25, 0.3) is 0 Å². The van der Waals surface area contributed by atoms with Crippen molar-refractivity contribution in [2.75, 3.05) is 0 Å². The lowest BCUT2D eigenvalue weighted by atomic mass is 9.84. The van der Waals surface area contributed by atoms with Crippen LogP contribution in [0.5, 0.6) is 0 Å². The molecule has 0 unspecified atom stereocenters. The predicted octanol–water partition coefficient (Wildman–Crippen LogP) is 4.03. The molecule has 36 heavy (non-hydrogen) atoms. The SMILES string of the molecule is CC(C)(C)OC(=O)C[C@H](NC(=O)OC(C)(C)C)C(=O)N[C@H]1CCCC[C@@H]1C(=O)OCc1ccccc1. The summed E-state index contributed by atoms with van der Waals surface area (Å²) in [6, 6.07) is 7.67. The third kappa shape index (κ3) is 10.7. The van der Waals surface area contributed by atoms with Crippen LogP contribution < -0.4 is 10.6 Å². The van der Waals surface area contributed by atoms with Crippen LogP contribution in [0.1, 0.15) is 79.2 Å². The number of carbonyl (C=O) groups is 4. The zero-order chi connectivity index (χ0) is 26.9. The van der Waals surface area contributed by atoms with Gasteiger partial charge in [0.25, 0.3) is 0 Å². The lowest BCUT2D eigenvalue weighted by Gasteiger charge is -2.32. The highest BCUT2D eigenvalue weighted by molar-refractivity contribution is 5.90. The molecule has 1 aromatic rings. The first-order valence-corrected chi connectivity index (χ1v) is 12.5. The normalized spacial score (nSPS) is 18.9. The molecule has 0 radical (unpaired) electrons. The highest BCUT2D eigenvalue weighted by Crippen LogP contribution is 2.26. The Labute approximate surface area is 213 Å². The van der Waals surface area contributed by atoms with Crippen molar-refractivity contribution in [2.45, 2.75) is 104 Å². The van der Waals surface area contributed by atoms with Gasteiger partial charge in [-0.3, -0.25) is 14.4 Å². The number of nitrogens with one attached hydrogen (secondary N) is 2. The molecule has 200 valence electrons. The van der Waals surface area contributed by atoms with Crippen molar-refractivity contribution in [2.24, 2.45) is 5.92 Å². The zero-order valence-corrected chi connectivity index (χ0v) is 22.2. The van der Waals surface area contributed by atoms with Crippen LogP contribution in [-0.4, -0.2) is 47.2 Å². The molecule has 9 nitrogen and oxygen atoms in total. The van der Waals surface area contributed by atoms with E-state index in [0.29, 0.717) is 12.8 Å². The first kappa shape index (κ1) is 29.1. The van der Waals surface area contributed by atoms with Gasteiger partial charge in [-0.05, 0) is 59.9 Å². The van der Waals surface area contributed by atoms with Gasteiger partial charge in [-0.1, -0.05) is 43.2 Å². The van der Waals surface area contributed by atoms with Gasteiger partial charge in [0.1, 0.15) is 23.9 Å². The van der Waals surface area contributed by atoms with E-state index in [1.54, 1.807) is 41.5 Å². The van der Waals surface area contributed by atoms with Crippen molar-refractivity contribution in [1.29, 1.82) is 0 Å². The van der Waals surface area contributed by atoms with Gasteiger partial charge in [-0.25, -0.2) is 4.79 Å². The summed E-state index contributed by atoms with van der Waals surface area (Å²) in [5.41, 5.74) is -0.657. The van der Waals surface area contributed by atoms with Crippen LogP contribution in [-0.2, 0) is 35.2 Å². The number of benzene rings is 1. The number of rotatable bonds is 8. The maximum Gasteiger partial charge on any atom is 0.408 e. The molecule has 1 aliphatic rings. The van der Waals surface area contributed by atoms with Crippen LogP contribution in [0.2, 0.25) is 0 Å². The van der Waals surface area contributed by atoms with Crippen LogP contribution in [0.15, 0.2) is 30.3 Å². The third-order valence-corrected chi connectivity index (χ3v) is 5.42. The molecule has 2 rings (SSSR count). The maximum atomic E-state index is 13.2. The van der Waals surface area contributed by atoms with Crippen molar-refractivity contribution in [3.05, 3.63) is 35.9 Å². The molecule has 0 aromatic heterocycles. The summed E-state index contributed by atoms with van der Waals surface area (Å²) in [6.45, 7) is 10.4. The van der Waals surface area contributed by atoms with Gasteiger partial charge >= 0.3 is 18.0 Å². The van der Waals surface area contributed by atoms with E-state index < -0.39 is 47.2 Å². The monoisotopic (exact) mass is 504 g/mol. The Balaban J connectivity index is 2.08. The predicted molar refractivity (Wildman–Crippen MR) is 134 cm³/mol. The topological polar surface area (TPSA) is 120 Å². The Hall–Kier alpha value is -3.10. The first-order chi connectivity index (χ1) is 16.7. The minimum Gasteiger partial charge on any atom is -0.461 e. The fraction of sp³-hybridized carbons (Fsp3) is 0.630. The molecule has 1 saturated carbocycles. The Morgan fingerprint density at radius 2 is 1.53 bits per heavy atom. The lowest BCUT2D eigenvalue weighted by molar-refractivity contribution is -0.157. The molecule has 1 fully saturated rings. The molecular weight excluding hydrogens is 464 g/mol. The average molecular weight is 505 g/mol. The van der Waals surface area contributed by atoms with E-state index in [4.69, 9.17) is 14.2 Å². The molecule has 0 bridgehead atoms. The van der Waals surface area contributed by atoms with E-state index in [-0.39, 0.29) is 19.0 Å². The summed E-state index contributed by atoms with van der Waals surface area (Å²) in [5.74, 6) is -2.12. The van der Waals surface area contributed by atoms with Gasteiger partial charge in [0.05, 0.1) is 12.3 Å². The molecule has 1 aromatic carbocycles. The van der Waals surface area contributed by atoms with Gasteiger partial charge in [-0.15, -0.1) is 0 Å². The number of alkyl carbamates (subject to hydrolysis) is 1. The van der Waals surface area contributed by atoms with E-state index in [2.05, 4.69) is 10.6 Å². The highest BCUT2D eigenvalue weighted by Gasteiger charge is 2.36. The van der Waals surface area contributed by atoms with Crippen molar-refractivity contribution < 1.29 is 33.4 Å². The number of ether oxygens (including phenoxy) is 3. The van der Waals surface area contributed by atoms with Gasteiger partial charge < -0.3 is 24.8 Å². The second kappa shape index (κ2) is 12.7. The minimum absolute atomic E-state index is 0.151. The molecule has 0 heterocycles. The van der Waals surface area contributed by atoms with E-state index in [1.165, 1.54) is 0 Å². The molecular formula is C27H40N2O7. The number of hydrogen-bond acceptors (Lipinski definition) is 7. The molecule has 0 spiro atoms. The summed E-state index contributed by atoms with van der Waals surface area (Å²) in [6.07, 6.45) is 1.64. The third-order valence-electron chi connectivity index (χ3n) is 5.42. The average Bonchev–Trinajstić information content (AvgIpc) is 2.75. The smallest absolute Gasteiger partial charge is 0.408 e. The highest BCUT2D eigenvalue weighted by atomic mass is 16.6. The first-order valence-electron chi connectivity index (χ1n) is 12.5. The Bertz CT molecular complexity index is 873. The fourth-order valence-corrected chi connectivity index (χ4v) is 3.91. The Kier molecular flexibility index (Phi) is 10.3. The van der Waals surface area contributed by atoms with Crippen LogP contribution in [0.3, 0.4) is 0 Å². The summed E-state index contributed by atoms with van der Waals surface area (Å²) >= 11 is 0. The van der Waals surface area contributed by atoms with Crippen LogP contribution in [0.4, 0.5) is 4.79 Å². The van der Waals surface area contributed by atoms with Gasteiger partial charge in [-0.2, -0.15) is 0 Å². The molecule has 2 amide bonds. The summed E-state index contributed by atoms with van der Waals surface area (Å²) in [4.78, 5) is 50.9. The number of amides is 2.